The lowest BCUT2D eigenvalue weighted by Crippen LogP contribution is -2.37. The molecule has 0 aromatic carbocycles. The number of ether oxygens (including phenoxy) is 1. The Morgan fingerprint density at radius 1 is 1.04 bits per heavy atom. The van der Waals surface area contributed by atoms with Gasteiger partial charge in [-0.1, -0.05) is 0 Å². The van der Waals surface area contributed by atoms with Crippen molar-refractivity contribution in [2.24, 2.45) is 0 Å². The highest BCUT2D eigenvalue weighted by molar-refractivity contribution is 5.91. The molecular formula is C15H23N5O4. The van der Waals surface area contributed by atoms with Crippen LogP contribution in [0.3, 0.4) is 0 Å². The van der Waals surface area contributed by atoms with Gasteiger partial charge in [-0.15, -0.1) is 0 Å². The van der Waals surface area contributed by atoms with E-state index < -0.39 is 11.7 Å². The Hall–Kier alpha value is -2.71. The van der Waals surface area contributed by atoms with Crippen LogP contribution in [0.25, 0.3) is 0 Å². The first kappa shape index (κ1) is 19.3. The topological polar surface area (TPSA) is 122 Å². The minimum Gasteiger partial charge on any atom is -0.444 e. The van der Waals surface area contributed by atoms with Crippen molar-refractivity contribution in [2.75, 3.05) is 19.6 Å². The maximum absolute atomic E-state index is 11.7. The standard InChI is InChI=1S/C15H23N5O4/c1-15(2,3)24-14(23)20-5-4-12(21)18-8-9-19-13(22)11-10-16-6-7-17-11/h6-7,10H,4-5,8-9H2,1-3H3,(H,18,21)(H,19,22)(H,20,23). The lowest BCUT2D eigenvalue weighted by Gasteiger charge is -2.19. The Kier molecular flexibility index (Phi) is 7.60. The van der Waals surface area contributed by atoms with Crippen LogP contribution in [0.1, 0.15) is 37.7 Å². The summed E-state index contributed by atoms with van der Waals surface area (Å²) < 4.78 is 5.05. The van der Waals surface area contributed by atoms with Gasteiger partial charge in [0.1, 0.15) is 11.3 Å². The van der Waals surface area contributed by atoms with Crippen LogP contribution >= 0.6 is 0 Å². The third-order valence-electron chi connectivity index (χ3n) is 2.55. The lowest BCUT2D eigenvalue weighted by molar-refractivity contribution is -0.120. The first-order chi connectivity index (χ1) is 11.3. The summed E-state index contributed by atoms with van der Waals surface area (Å²) in [5.74, 6) is -0.594. The van der Waals surface area contributed by atoms with E-state index in [0.717, 1.165) is 0 Å². The van der Waals surface area contributed by atoms with Crippen LogP contribution < -0.4 is 16.0 Å². The SMILES string of the molecule is CC(C)(C)OC(=O)NCCC(=O)NCCNC(=O)c1cnccn1. The van der Waals surface area contributed by atoms with Crippen LogP contribution in [0.2, 0.25) is 0 Å². The summed E-state index contributed by atoms with van der Waals surface area (Å²) in [7, 11) is 0. The zero-order valence-corrected chi connectivity index (χ0v) is 14.1. The van der Waals surface area contributed by atoms with Gasteiger partial charge in [-0.25, -0.2) is 9.78 Å². The Bertz CT molecular complexity index is 557. The minimum absolute atomic E-state index is 0.122. The van der Waals surface area contributed by atoms with Crippen molar-refractivity contribution >= 4 is 17.9 Å². The van der Waals surface area contributed by atoms with Crippen molar-refractivity contribution in [1.29, 1.82) is 0 Å². The second-order valence-electron chi connectivity index (χ2n) is 5.88. The van der Waals surface area contributed by atoms with Gasteiger partial charge in [0.25, 0.3) is 5.91 Å². The van der Waals surface area contributed by atoms with Crippen molar-refractivity contribution in [3.05, 3.63) is 24.3 Å². The summed E-state index contributed by atoms with van der Waals surface area (Å²) in [5, 5.41) is 7.73. The predicted molar refractivity (Wildman–Crippen MR) is 86.2 cm³/mol. The molecule has 3 amide bonds. The molecule has 1 rings (SSSR count). The summed E-state index contributed by atoms with van der Waals surface area (Å²) in [5.41, 5.74) is -0.362. The van der Waals surface area contributed by atoms with Crippen LogP contribution in [-0.4, -0.2) is 53.1 Å². The molecule has 3 N–H and O–H groups in total. The zero-order valence-electron chi connectivity index (χ0n) is 14.1. The molecule has 9 nitrogen and oxygen atoms in total. The second kappa shape index (κ2) is 9.43. The van der Waals surface area contributed by atoms with Gasteiger partial charge in [0, 0.05) is 38.4 Å². The molecule has 0 fully saturated rings. The zero-order chi connectivity index (χ0) is 18.0. The predicted octanol–water partition coefficient (Wildman–Crippen LogP) is 0.237. The van der Waals surface area contributed by atoms with Crippen LogP contribution in [0, 0.1) is 0 Å². The third kappa shape index (κ3) is 8.66. The van der Waals surface area contributed by atoms with Crippen LogP contribution in [0.4, 0.5) is 4.79 Å². The average Bonchev–Trinajstić information content (AvgIpc) is 2.50. The van der Waals surface area contributed by atoms with Gasteiger partial charge in [0.15, 0.2) is 0 Å². The van der Waals surface area contributed by atoms with E-state index in [4.69, 9.17) is 4.74 Å². The molecule has 0 aliphatic heterocycles. The molecule has 0 unspecified atom stereocenters. The Balaban J connectivity index is 2.10. The monoisotopic (exact) mass is 337 g/mol. The highest BCUT2D eigenvalue weighted by Crippen LogP contribution is 2.06. The molecule has 0 aliphatic rings. The summed E-state index contributed by atoms with van der Waals surface area (Å²) in [6, 6.07) is 0. The lowest BCUT2D eigenvalue weighted by atomic mass is 10.2. The van der Waals surface area contributed by atoms with Gasteiger partial charge in [-0.2, -0.15) is 0 Å². The molecule has 0 spiro atoms. The van der Waals surface area contributed by atoms with Gasteiger partial charge in [0.2, 0.25) is 5.91 Å². The van der Waals surface area contributed by atoms with E-state index in [1.807, 2.05) is 0 Å². The van der Waals surface area contributed by atoms with Gasteiger partial charge in [-0.3, -0.25) is 14.6 Å². The maximum Gasteiger partial charge on any atom is 0.407 e. The fourth-order valence-electron chi connectivity index (χ4n) is 1.57. The molecule has 0 bridgehead atoms. The first-order valence-corrected chi connectivity index (χ1v) is 7.56. The molecule has 0 atom stereocenters. The second-order valence-corrected chi connectivity index (χ2v) is 5.88. The quantitative estimate of drug-likeness (QED) is 0.613. The van der Waals surface area contributed by atoms with E-state index >= 15 is 0 Å². The van der Waals surface area contributed by atoms with Crippen LogP contribution in [0.5, 0.6) is 0 Å². The molecule has 24 heavy (non-hydrogen) atoms. The molecule has 0 radical (unpaired) electrons. The van der Waals surface area contributed by atoms with E-state index in [0.29, 0.717) is 0 Å². The number of hydrogen-bond donors (Lipinski definition) is 3. The highest BCUT2D eigenvalue weighted by Gasteiger charge is 2.15. The normalized spacial score (nSPS) is 10.6. The minimum atomic E-state index is -0.576. The van der Waals surface area contributed by atoms with Crippen molar-refractivity contribution < 1.29 is 19.1 Å². The van der Waals surface area contributed by atoms with Gasteiger partial charge >= 0.3 is 6.09 Å². The number of hydrogen-bond acceptors (Lipinski definition) is 6. The van der Waals surface area contributed by atoms with Crippen molar-refractivity contribution in [3.8, 4) is 0 Å². The van der Waals surface area contributed by atoms with E-state index in [2.05, 4.69) is 25.9 Å². The van der Waals surface area contributed by atoms with E-state index in [-0.39, 0.29) is 43.6 Å². The molecule has 0 saturated heterocycles. The number of nitrogens with one attached hydrogen (secondary N) is 3. The van der Waals surface area contributed by atoms with Crippen LogP contribution in [0.15, 0.2) is 18.6 Å². The van der Waals surface area contributed by atoms with Crippen molar-refractivity contribution in [2.45, 2.75) is 32.8 Å². The summed E-state index contributed by atoms with van der Waals surface area (Å²) in [6.45, 7) is 5.99. The third-order valence-corrected chi connectivity index (χ3v) is 2.55. The molecule has 1 aromatic heterocycles. The number of nitrogens with zero attached hydrogens (tertiary/aromatic N) is 2. The molecular weight excluding hydrogens is 314 g/mol. The Morgan fingerprint density at radius 3 is 2.38 bits per heavy atom. The number of carbonyl (C=O) groups is 3. The Morgan fingerprint density at radius 2 is 1.75 bits per heavy atom. The smallest absolute Gasteiger partial charge is 0.407 e. The van der Waals surface area contributed by atoms with Gasteiger partial charge in [0.05, 0.1) is 6.20 Å². The molecule has 0 saturated carbocycles. The molecule has 1 heterocycles. The summed E-state index contributed by atoms with van der Waals surface area (Å²) in [4.78, 5) is 42.3. The fraction of sp³-hybridized carbons (Fsp3) is 0.533. The molecule has 1 aromatic rings. The van der Waals surface area contributed by atoms with Gasteiger partial charge < -0.3 is 20.7 Å². The van der Waals surface area contributed by atoms with Crippen molar-refractivity contribution in [1.82, 2.24) is 25.9 Å². The van der Waals surface area contributed by atoms with Gasteiger partial charge in [-0.05, 0) is 20.8 Å². The molecule has 9 heteroatoms. The number of carbonyl (C=O) groups excluding carboxylic acids is 3. The number of aromatic nitrogens is 2. The maximum atomic E-state index is 11.7. The number of amides is 3. The number of rotatable bonds is 7. The molecule has 132 valence electrons. The Labute approximate surface area is 140 Å². The van der Waals surface area contributed by atoms with E-state index in [1.54, 1.807) is 20.8 Å². The van der Waals surface area contributed by atoms with E-state index in [9.17, 15) is 14.4 Å². The fourth-order valence-corrected chi connectivity index (χ4v) is 1.57. The number of alkyl carbamates (subject to hydrolysis) is 1. The van der Waals surface area contributed by atoms with E-state index in [1.165, 1.54) is 18.6 Å². The molecule has 0 aliphatic carbocycles. The average molecular weight is 337 g/mol. The van der Waals surface area contributed by atoms with Crippen LogP contribution in [-0.2, 0) is 9.53 Å². The van der Waals surface area contributed by atoms with Crippen molar-refractivity contribution in [3.63, 3.8) is 0 Å². The summed E-state index contributed by atoms with van der Waals surface area (Å²) in [6.07, 6.45) is 3.82. The largest absolute Gasteiger partial charge is 0.444 e. The first-order valence-electron chi connectivity index (χ1n) is 7.56. The summed E-state index contributed by atoms with van der Waals surface area (Å²) >= 11 is 0. The highest BCUT2D eigenvalue weighted by atomic mass is 16.6.